The number of ether oxygens (including phenoxy) is 1. The van der Waals surface area contributed by atoms with Gasteiger partial charge in [0.2, 0.25) is 11.8 Å². The minimum absolute atomic E-state index is 0.0157. The number of nitrogens with one attached hydrogen (secondary N) is 3. The molecule has 0 aliphatic heterocycles. The monoisotopic (exact) mass is 553 g/mol. The third kappa shape index (κ3) is 14.4. The molecule has 2 aromatic rings. The molecular weight excluding hydrogens is 510 g/mol. The molecule has 9 nitrogen and oxygen atoms in total. The van der Waals surface area contributed by atoms with Crippen molar-refractivity contribution >= 4 is 23.7 Å². The Labute approximate surface area is 237 Å². The van der Waals surface area contributed by atoms with Gasteiger partial charge in [0, 0.05) is 25.9 Å². The van der Waals surface area contributed by atoms with Gasteiger partial charge < -0.3 is 25.8 Å². The number of aliphatic hydroxyl groups is 1. The molecule has 9 heteroatoms. The van der Waals surface area contributed by atoms with Crippen LogP contribution in [0.25, 0.3) is 0 Å². The molecule has 0 heterocycles. The summed E-state index contributed by atoms with van der Waals surface area (Å²) in [4.78, 5) is 48.4. The van der Waals surface area contributed by atoms with Crippen LogP contribution in [0, 0.1) is 11.8 Å². The van der Waals surface area contributed by atoms with Crippen molar-refractivity contribution in [1.82, 2.24) is 16.0 Å². The van der Waals surface area contributed by atoms with E-state index < -0.39 is 18.0 Å². The van der Waals surface area contributed by atoms with Crippen LogP contribution in [-0.4, -0.2) is 54.5 Å². The average molecular weight is 554 g/mol. The van der Waals surface area contributed by atoms with Gasteiger partial charge in [-0.15, -0.1) is 0 Å². The lowest BCUT2D eigenvalue weighted by Crippen LogP contribution is -2.36. The summed E-state index contributed by atoms with van der Waals surface area (Å²) >= 11 is 0. The van der Waals surface area contributed by atoms with Gasteiger partial charge >= 0.3 is 6.09 Å². The molecule has 0 fully saturated rings. The van der Waals surface area contributed by atoms with Gasteiger partial charge in [0.25, 0.3) is 0 Å². The molecule has 0 aliphatic carbocycles. The van der Waals surface area contributed by atoms with Crippen LogP contribution in [0.2, 0.25) is 0 Å². The summed E-state index contributed by atoms with van der Waals surface area (Å²) in [7, 11) is 0. The summed E-state index contributed by atoms with van der Waals surface area (Å²) in [6.07, 6.45) is 1.13. The van der Waals surface area contributed by atoms with Gasteiger partial charge in [-0.3, -0.25) is 14.4 Å². The van der Waals surface area contributed by atoms with E-state index in [1.807, 2.05) is 74.5 Å². The fraction of sp³-hybridized carbons (Fsp3) is 0.484. The Morgan fingerprint density at radius 1 is 0.725 bits per heavy atom. The number of benzene rings is 2. The molecule has 0 aromatic heterocycles. The topological polar surface area (TPSA) is 134 Å². The predicted octanol–water partition coefficient (Wildman–Crippen LogP) is 3.54. The van der Waals surface area contributed by atoms with E-state index in [4.69, 9.17) is 4.74 Å². The number of carbonyl (C=O) groups excluding carboxylic acids is 4. The van der Waals surface area contributed by atoms with E-state index in [0.717, 1.165) is 11.1 Å². The van der Waals surface area contributed by atoms with E-state index >= 15 is 0 Å². The minimum Gasteiger partial charge on any atom is -0.445 e. The molecule has 2 rings (SSSR count). The highest BCUT2D eigenvalue weighted by molar-refractivity contribution is 5.88. The first-order valence-corrected chi connectivity index (χ1v) is 14.0. The fourth-order valence-corrected chi connectivity index (χ4v) is 4.05. The lowest BCUT2D eigenvalue weighted by atomic mass is 10.0. The van der Waals surface area contributed by atoms with Gasteiger partial charge in [0.05, 0.1) is 6.54 Å². The van der Waals surface area contributed by atoms with Crippen LogP contribution in [-0.2, 0) is 32.1 Å². The largest absolute Gasteiger partial charge is 0.445 e. The second kappa shape index (κ2) is 18.5. The number of aliphatic hydroxyl groups excluding tert-OH is 1. The van der Waals surface area contributed by atoms with Gasteiger partial charge in [-0.2, -0.15) is 0 Å². The zero-order valence-electron chi connectivity index (χ0n) is 23.6. The fourth-order valence-electron chi connectivity index (χ4n) is 4.05. The van der Waals surface area contributed by atoms with Crippen molar-refractivity contribution in [2.24, 2.45) is 11.8 Å². The molecule has 4 N–H and O–H groups in total. The van der Waals surface area contributed by atoms with Crippen LogP contribution in [0.4, 0.5) is 4.79 Å². The van der Waals surface area contributed by atoms with Crippen molar-refractivity contribution < 1.29 is 29.0 Å². The first-order chi connectivity index (χ1) is 19.2. The number of Topliss-reactive ketones (excluding diaryl/α,β-unsaturated/α-hetero) is 1. The van der Waals surface area contributed by atoms with Gasteiger partial charge in [-0.05, 0) is 48.6 Å². The average Bonchev–Trinajstić information content (AvgIpc) is 2.94. The number of alkyl carbamates (subject to hydrolysis) is 1. The summed E-state index contributed by atoms with van der Waals surface area (Å²) < 4.78 is 5.17. The Hall–Kier alpha value is -3.72. The van der Waals surface area contributed by atoms with Crippen LogP contribution in [0.5, 0.6) is 0 Å². The molecule has 0 spiro atoms. The maximum Gasteiger partial charge on any atom is 0.407 e. The molecule has 0 radical (unpaired) electrons. The summed E-state index contributed by atoms with van der Waals surface area (Å²) in [5.74, 6) is -0.644. The van der Waals surface area contributed by atoms with Crippen molar-refractivity contribution in [3.8, 4) is 0 Å². The van der Waals surface area contributed by atoms with Crippen LogP contribution in [0.3, 0.4) is 0 Å². The van der Waals surface area contributed by atoms with Crippen LogP contribution < -0.4 is 16.0 Å². The van der Waals surface area contributed by atoms with Gasteiger partial charge in [-0.25, -0.2) is 4.79 Å². The molecule has 3 atom stereocenters. The Morgan fingerprint density at radius 2 is 1.25 bits per heavy atom. The van der Waals surface area contributed by atoms with Crippen molar-refractivity contribution in [2.45, 2.75) is 65.1 Å². The lowest BCUT2D eigenvalue weighted by Gasteiger charge is -2.15. The van der Waals surface area contributed by atoms with E-state index in [2.05, 4.69) is 16.0 Å². The second-order valence-corrected chi connectivity index (χ2v) is 10.3. The number of aryl methyl sites for hydroxylation is 1. The molecule has 40 heavy (non-hydrogen) atoms. The molecule has 3 unspecified atom stereocenters. The molecule has 2 aromatic carbocycles. The number of hydrogen-bond acceptors (Lipinski definition) is 6. The zero-order chi connectivity index (χ0) is 29.2. The quantitative estimate of drug-likeness (QED) is 0.223. The summed E-state index contributed by atoms with van der Waals surface area (Å²) in [6, 6.07) is 19.0. The first kappa shape index (κ1) is 32.5. The van der Waals surface area contributed by atoms with Gasteiger partial charge in [0.1, 0.15) is 12.7 Å². The van der Waals surface area contributed by atoms with E-state index in [9.17, 15) is 24.3 Å². The molecule has 218 valence electrons. The second-order valence-electron chi connectivity index (χ2n) is 10.3. The van der Waals surface area contributed by atoms with Crippen molar-refractivity contribution in [2.75, 3.05) is 19.6 Å². The number of ketones is 1. The Bertz CT molecular complexity index is 1050. The summed E-state index contributed by atoms with van der Waals surface area (Å²) in [5, 5.41) is 18.2. The normalized spacial score (nSPS) is 13.0. The smallest absolute Gasteiger partial charge is 0.407 e. The number of carbonyl (C=O) groups is 4. The number of amides is 3. The van der Waals surface area contributed by atoms with E-state index in [1.54, 1.807) is 0 Å². The number of rotatable bonds is 18. The maximum atomic E-state index is 12.2. The molecule has 0 saturated carbocycles. The summed E-state index contributed by atoms with van der Waals surface area (Å²) in [5.41, 5.74) is 1.96. The van der Waals surface area contributed by atoms with Gasteiger partial charge in [0.15, 0.2) is 5.78 Å². The molecular formula is C31H43N3O6. The first-order valence-electron chi connectivity index (χ1n) is 14.0. The standard InChI is InChI=1S/C31H43N3O6/c1-23(20-30(38)34-21-28(36)27(35)14-13-25-9-5-3-6-10-25)15-17-32-29(37)19-24(2)16-18-33-31(39)40-22-26-11-7-4-8-12-26/h3-12,23-24,27,35H,13-22H2,1-2H3,(H,32,37)(H,33,39)(H,34,38). The van der Waals surface area contributed by atoms with Crippen LogP contribution in [0.15, 0.2) is 60.7 Å². The van der Waals surface area contributed by atoms with E-state index in [0.29, 0.717) is 45.2 Å². The third-order valence-electron chi connectivity index (χ3n) is 6.53. The maximum absolute atomic E-state index is 12.2. The van der Waals surface area contributed by atoms with E-state index in [1.165, 1.54) is 0 Å². The Kier molecular flexibility index (Phi) is 15.1. The molecule has 0 saturated heterocycles. The number of hydrogen-bond donors (Lipinski definition) is 4. The Morgan fingerprint density at radius 3 is 1.85 bits per heavy atom. The lowest BCUT2D eigenvalue weighted by molar-refractivity contribution is -0.130. The summed E-state index contributed by atoms with van der Waals surface area (Å²) in [6.45, 7) is 4.73. The predicted molar refractivity (Wildman–Crippen MR) is 153 cm³/mol. The van der Waals surface area contributed by atoms with Crippen LogP contribution >= 0.6 is 0 Å². The highest BCUT2D eigenvalue weighted by atomic mass is 16.5. The van der Waals surface area contributed by atoms with Crippen molar-refractivity contribution in [3.63, 3.8) is 0 Å². The molecule has 3 amide bonds. The minimum atomic E-state index is -1.11. The van der Waals surface area contributed by atoms with Gasteiger partial charge in [-0.1, -0.05) is 74.5 Å². The Balaban J connectivity index is 1.49. The highest BCUT2D eigenvalue weighted by Gasteiger charge is 2.17. The van der Waals surface area contributed by atoms with E-state index in [-0.39, 0.29) is 43.2 Å². The van der Waals surface area contributed by atoms with Crippen LogP contribution in [0.1, 0.15) is 57.1 Å². The molecule has 0 aliphatic rings. The highest BCUT2D eigenvalue weighted by Crippen LogP contribution is 2.09. The van der Waals surface area contributed by atoms with Crippen molar-refractivity contribution in [1.29, 1.82) is 0 Å². The van der Waals surface area contributed by atoms with Crippen molar-refractivity contribution in [3.05, 3.63) is 71.8 Å². The third-order valence-corrected chi connectivity index (χ3v) is 6.53. The molecule has 0 bridgehead atoms. The SMILES string of the molecule is CC(CCNC(=O)OCc1ccccc1)CC(=O)NCCC(C)CC(=O)NCC(=O)C(O)CCc1ccccc1. The zero-order valence-corrected chi connectivity index (χ0v) is 23.6.